The van der Waals surface area contributed by atoms with Gasteiger partial charge in [-0.25, -0.2) is 4.79 Å². The van der Waals surface area contributed by atoms with Crippen molar-refractivity contribution in [2.45, 2.75) is 25.5 Å². The topological polar surface area (TPSA) is 91.4 Å². The predicted molar refractivity (Wildman–Crippen MR) is 140 cm³/mol. The van der Waals surface area contributed by atoms with E-state index < -0.39 is 17.9 Å². The zero-order valence-electron chi connectivity index (χ0n) is 19.2. The number of benzene rings is 3. The highest BCUT2D eigenvalue weighted by atomic mass is 32.1. The summed E-state index contributed by atoms with van der Waals surface area (Å²) < 4.78 is 5.82. The molecule has 0 spiro atoms. The molecule has 1 amide bonds. The number of carbonyl (C=O) groups excluding carboxylic acids is 1. The molecule has 0 aliphatic carbocycles. The normalized spacial score (nSPS) is 12.7. The van der Waals surface area contributed by atoms with E-state index in [1.54, 1.807) is 6.20 Å². The van der Waals surface area contributed by atoms with E-state index >= 15 is 0 Å². The summed E-state index contributed by atoms with van der Waals surface area (Å²) in [7, 11) is 0. The van der Waals surface area contributed by atoms with Gasteiger partial charge in [-0.05, 0) is 41.3 Å². The van der Waals surface area contributed by atoms with Crippen molar-refractivity contribution in [3.8, 4) is 5.75 Å². The Bertz CT molecular complexity index is 1270. The SMILES string of the molecule is O=C(N[C@H](Cc1c[nH]c2ccccc12)C(=O)O)[C@@H](CS)Cc1ccc(OCc2ccccc2)cc1. The number of aromatic nitrogens is 1. The number of rotatable bonds is 11. The Kier molecular flexibility index (Phi) is 8.11. The summed E-state index contributed by atoms with van der Waals surface area (Å²) in [5, 5.41) is 13.4. The maximum Gasteiger partial charge on any atom is 0.326 e. The molecule has 2 atom stereocenters. The fraction of sp³-hybridized carbons (Fsp3) is 0.214. The van der Waals surface area contributed by atoms with Crippen LogP contribution in [0.4, 0.5) is 0 Å². The van der Waals surface area contributed by atoms with E-state index in [4.69, 9.17) is 4.74 Å². The summed E-state index contributed by atoms with van der Waals surface area (Å²) in [5.74, 6) is -0.802. The number of para-hydroxylation sites is 1. The molecule has 0 saturated carbocycles. The zero-order valence-corrected chi connectivity index (χ0v) is 20.1. The van der Waals surface area contributed by atoms with E-state index in [9.17, 15) is 14.7 Å². The van der Waals surface area contributed by atoms with Crippen LogP contribution in [0.2, 0.25) is 0 Å². The summed E-state index contributed by atoms with van der Waals surface area (Å²) in [4.78, 5) is 28.0. The Morgan fingerprint density at radius 1 is 0.914 bits per heavy atom. The van der Waals surface area contributed by atoms with Crippen molar-refractivity contribution < 1.29 is 19.4 Å². The number of aromatic amines is 1. The fourth-order valence-electron chi connectivity index (χ4n) is 4.00. The summed E-state index contributed by atoms with van der Waals surface area (Å²) in [6.45, 7) is 0.481. The number of hydrogen-bond acceptors (Lipinski definition) is 4. The lowest BCUT2D eigenvalue weighted by atomic mass is 9.98. The molecule has 0 unspecified atom stereocenters. The molecule has 7 heteroatoms. The van der Waals surface area contributed by atoms with Crippen LogP contribution in [0, 0.1) is 5.92 Å². The van der Waals surface area contributed by atoms with E-state index in [1.165, 1.54) is 0 Å². The number of aliphatic carboxylic acids is 1. The lowest BCUT2D eigenvalue weighted by Crippen LogP contribution is -2.45. The fourth-order valence-corrected chi connectivity index (χ4v) is 4.29. The molecule has 0 bridgehead atoms. The van der Waals surface area contributed by atoms with E-state index in [0.717, 1.165) is 33.3 Å². The van der Waals surface area contributed by atoms with Gasteiger partial charge in [0.1, 0.15) is 18.4 Å². The molecule has 3 aromatic carbocycles. The maximum atomic E-state index is 13.0. The van der Waals surface area contributed by atoms with Gasteiger partial charge in [-0.2, -0.15) is 12.6 Å². The van der Waals surface area contributed by atoms with Gasteiger partial charge in [0.05, 0.1) is 5.92 Å². The average molecular weight is 489 g/mol. The highest BCUT2D eigenvalue weighted by molar-refractivity contribution is 7.80. The van der Waals surface area contributed by atoms with Gasteiger partial charge < -0.3 is 20.1 Å². The largest absolute Gasteiger partial charge is 0.489 e. The maximum absolute atomic E-state index is 13.0. The first-order chi connectivity index (χ1) is 17.0. The number of thiol groups is 1. The molecule has 4 aromatic rings. The van der Waals surface area contributed by atoms with Crippen LogP contribution in [0.5, 0.6) is 5.75 Å². The van der Waals surface area contributed by atoms with Crippen LogP contribution in [0.25, 0.3) is 10.9 Å². The molecule has 1 heterocycles. The van der Waals surface area contributed by atoms with Crippen molar-refractivity contribution in [3.63, 3.8) is 0 Å². The highest BCUT2D eigenvalue weighted by Gasteiger charge is 2.26. The number of carboxylic acids is 1. The Balaban J connectivity index is 1.35. The number of carboxylic acid groups (broad SMARTS) is 1. The van der Waals surface area contributed by atoms with Gasteiger partial charge in [-0.3, -0.25) is 4.79 Å². The average Bonchev–Trinajstić information content (AvgIpc) is 3.29. The van der Waals surface area contributed by atoms with Gasteiger partial charge in [-0.15, -0.1) is 0 Å². The minimum atomic E-state index is -1.07. The number of ether oxygens (including phenoxy) is 1. The number of fused-ring (bicyclic) bond motifs is 1. The van der Waals surface area contributed by atoms with Crippen LogP contribution in [0.15, 0.2) is 85.1 Å². The third-order valence-corrected chi connectivity index (χ3v) is 6.40. The molecule has 4 rings (SSSR count). The Hall–Kier alpha value is -3.71. The van der Waals surface area contributed by atoms with Crippen LogP contribution < -0.4 is 10.1 Å². The third-order valence-electron chi connectivity index (χ3n) is 5.96. The second-order valence-corrected chi connectivity index (χ2v) is 8.83. The Morgan fingerprint density at radius 3 is 2.34 bits per heavy atom. The number of amides is 1. The van der Waals surface area contributed by atoms with E-state index in [1.807, 2.05) is 78.9 Å². The highest BCUT2D eigenvalue weighted by Crippen LogP contribution is 2.20. The van der Waals surface area contributed by atoms with Crippen molar-refractivity contribution in [3.05, 3.63) is 102 Å². The molecule has 0 radical (unpaired) electrons. The molecule has 1 aromatic heterocycles. The summed E-state index contributed by atoms with van der Waals surface area (Å²) in [6, 6.07) is 24.2. The lowest BCUT2D eigenvalue weighted by Gasteiger charge is -2.19. The number of carbonyl (C=O) groups is 2. The number of nitrogens with one attached hydrogen (secondary N) is 2. The second kappa shape index (κ2) is 11.6. The zero-order chi connectivity index (χ0) is 24.6. The predicted octanol–water partition coefficient (Wildman–Crippen LogP) is 4.65. The van der Waals surface area contributed by atoms with E-state index in [0.29, 0.717) is 18.8 Å². The van der Waals surface area contributed by atoms with E-state index in [-0.39, 0.29) is 12.3 Å². The second-order valence-electron chi connectivity index (χ2n) is 8.46. The molecule has 6 nitrogen and oxygen atoms in total. The van der Waals surface area contributed by atoms with Crippen LogP contribution in [0.1, 0.15) is 16.7 Å². The quantitative estimate of drug-likeness (QED) is 0.231. The van der Waals surface area contributed by atoms with Gasteiger partial charge in [-0.1, -0.05) is 60.7 Å². The molecular formula is C28H28N2O4S. The first-order valence-corrected chi connectivity index (χ1v) is 12.1. The summed E-state index contributed by atoms with van der Waals surface area (Å²) in [5.41, 5.74) is 3.82. The first-order valence-electron chi connectivity index (χ1n) is 11.5. The molecular weight excluding hydrogens is 460 g/mol. The standard InChI is InChI=1S/C28H28N2O4S/c31-27(30-26(28(32)33)15-21-16-29-25-9-5-4-8-24(21)25)22(18-35)14-19-10-12-23(13-11-19)34-17-20-6-2-1-3-7-20/h1-13,16,22,26,29,35H,14-15,17-18H2,(H,30,31)(H,32,33)/t22-,26-/m1/s1. The monoisotopic (exact) mass is 488 g/mol. The van der Waals surface area contributed by atoms with Gasteiger partial charge in [0.25, 0.3) is 0 Å². The summed E-state index contributed by atoms with van der Waals surface area (Å²) >= 11 is 4.35. The van der Waals surface area contributed by atoms with Gasteiger partial charge in [0, 0.05) is 29.3 Å². The van der Waals surface area contributed by atoms with Crippen LogP contribution in [-0.4, -0.2) is 33.8 Å². The van der Waals surface area contributed by atoms with Crippen molar-refractivity contribution in [1.29, 1.82) is 0 Å². The van der Waals surface area contributed by atoms with Crippen molar-refractivity contribution in [1.82, 2.24) is 10.3 Å². The Labute approximate surface area is 209 Å². The first kappa shape index (κ1) is 24.4. The number of H-pyrrole nitrogens is 1. The van der Waals surface area contributed by atoms with Crippen molar-refractivity contribution in [2.24, 2.45) is 5.92 Å². The summed E-state index contributed by atoms with van der Waals surface area (Å²) in [6.07, 6.45) is 2.44. The molecule has 0 fully saturated rings. The van der Waals surface area contributed by atoms with Crippen LogP contribution >= 0.6 is 12.6 Å². The van der Waals surface area contributed by atoms with Gasteiger partial charge in [0.15, 0.2) is 0 Å². The molecule has 0 saturated heterocycles. The van der Waals surface area contributed by atoms with Crippen LogP contribution in [0.3, 0.4) is 0 Å². The molecule has 35 heavy (non-hydrogen) atoms. The minimum absolute atomic E-state index is 0.192. The van der Waals surface area contributed by atoms with Gasteiger partial charge >= 0.3 is 5.97 Å². The lowest BCUT2D eigenvalue weighted by molar-refractivity contribution is -0.142. The molecule has 0 aliphatic heterocycles. The molecule has 3 N–H and O–H groups in total. The third kappa shape index (κ3) is 6.45. The van der Waals surface area contributed by atoms with Crippen molar-refractivity contribution in [2.75, 3.05) is 5.75 Å². The van der Waals surface area contributed by atoms with Gasteiger partial charge in [0.2, 0.25) is 5.91 Å². The van der Waals surface area contributed by atoms with E-state index in [2.05, 4.69) is 22.9 Å². The number of hydrogen-bond donors (Lipinski definition) is 4. The molecule has 0 aliphatic rings. The Morgan fingerprint density at radius 2 is 1.63 bits per heavy atom. The molecule has 180 valence electrons. The van der Waals surface area contributed by atoms with Crippen LogP contribution in [-0.2, 0) is 29.0 Å². The minimum Gasteiger partial charge on any atom is -0.489 e. The van der Waals surface area contributed by atoms with Crippen molar-refractivity contribution >= 4 is 35.4 Å². The smallest absolute Gasteiger partial charge is 0.326 e.